The van der Waals surface area contributed by atoms with Gasteiger partial charge in [0.1, 0.15) is 5.41 Å². The molecule has 1 amide bonds. The molecule has 0 heterocycles. The summed E-state index contributed by atoms with van der Waals surface area (Å²) in [5.41, 5.74) is -0.766. The molecule has 1 aromatic rings. The van der Waals surface area contributed by atoms with Crippen LogP contribution in [0.15, 0.2) is 30.3 Å². The Kier molecular flexibility index (Phi) is 3.01. The van der Waals surface area contributed by atoms with Gasteiger partial charge in [-0.05, 0) is 23.8 Å². The monoisotopic (exact) mass is 285 g/mol. The summed E-state index contributed by atoms with van der Waals surface area (Å²) < 4.78 is 0. The highest BCUT2D eigenvalue weighted by atomic mass is 16.2. The molecule has 0 radical (unpaired) electrons. The fourth-order valence-corrected chi connectivity index (χ4v) is 4.01. The molecule has 21 heavy (non-hydrogen) atoms. The maximum absolute atomic E-state index is 12.7. The topological polar surface area (TPSA) is 63.2 Å². The molecule has 0 aliphatic heterocycles. The lowest BCUT2D eigenvalue weighted by atomic mass is 9.68. The van der Waals surface area contributed by atoms with Gasteiger partial charge < -0.3 is 5.32 Å². The SMILES string of the molecule is CC1(C)C2CCC1(C(=O)NCc1ccccc1)C(=O)C2=O. The first-order valence-corrected chi connectivity index (χ1v) is 7.32. The normalized spacial score (nSPS) is 29.7. The largest absolute Gasteiger partial charge is 0.351 e. The summed E-state index contributed by atoms with van der Waals surface area (Å²) in [6.07, 6.45) is 1.12. The quantitative estimate of drug-likeness (QED) is 0.681. The van der Waals surface area contributed by atoms with E-state index in [4.69, 9.17) is 0 Å². The van der Waals surface area contributed by atoms with E-state index in [0.717, 1.165) is 5.56 Å². The number of hydrogen-bond donors (Lipinski definition) is 1. The van der Waals surface area contributed by atoms with Crippen molar-refractivity contribution in [3.8, 4) is 0 Å². The second-order valence-electron chi connectivity index (χ2n) is 6.58. The summed E-state index contributed by atoms with van der Waals surface area (Å²) in [5.74, 6) is -1.45. The Bertz CT molecular complexity index is 620. The number of rotatable bonds is 3. The Morgan fingerprint density at radius 3 is 2.48 bits per heavy atom. The van der Waals surface area contributed by atoms with Crippen molar-refractivity contribution in [3.63, 3.8) is 0 Å². The maximum atomic E-state index is 12.7. The van der Waals surface area contributed by atoms with Crippen molar-refractivity contribution in [2.45, 2.75) is 33.2 Å². The van der Waals surface area contributed by atoms with Crippen LogP contribution in [0.3, 0.4) is 0 Å². The number of carbonyl (C=O) groups excluding carboxylic acids is 3. The van der Waals surface area contributed by atoms with E-state index in [0.29, 0.717) is 19.4 Å². The minimum atomic E-state index is -1.16. The van der Waals surface area contributed by atoms with Gasteiger partial charge in [-0.2, -0.15) is 0 Å². The first-order valence-electron chi connectivity index (χ1n) is 7.32. The molecule has 2 saturated carbocycles. The van der Waals surface area contributed by atoms with Crippen LogP contribution in [0, 0.1) is 16.7 Å². The third-order valence-corrected chi connectivity index (χ3v) is 5.39. The molecule has 0 spiro atoms. The fourth-order valence-electron chi connectivity index (χ4n) is 4.01. The van der Waals surface area contributed by atoms with E-state index < -0.39 is 16.6 Å². The summed E-state index contributed by atoms with van der Waals surface area (Å²) in [7, 11) is 0. The van der Waals surface area contributed by atoms with Crippen LogP contribution in [0.25, 0.3) is 0 Å². The first kappa shape index (κ1) is 14.0. The number of amides is 1. The Hall–Kier alpha value is -1.97. The Morgan fingerprint density at radius 1 is 1.24 bits per heavy atom. The molecule has 2 bridgehead atoms. The zero-order valence-corrected chi connectivity index (χ0v) is 12.3. The fraction of sp³-hybridized carbons (Fsp3) is 0.471. The molecule has 4 nitrogen and oxygen atoms in total. The van der Waals surface area contributed by atoms with Crippen LogP contribution in [0.1, 0.15) is 32.3 Å². The number of nitrogens with one attached hydrogen (secondary N) is 1. The number of ketones is 2. The van der Waals surface area contributed by atoms with Crippen molar-refractivity contribution >= 4 is 17.5 Å². The number of Topliss-reactive ketones (excluding diaryl/α,β-unsaturated/α-hetero) is 2. The van der Waals surface area contributed by atoms with Crippen LogP contribution in [0.5, 0.6) is 0 Å². The van der Waals surface area contributed by atoms with Gasteiger partial charge in [0.05, 0.1) is 0 Å². The van der Waals surface area contributed by atoms with Gasteiger partial charge in [-0.3, -0.25) is 14.4 Å². The number of benzene rings is 1. The molecule has 2 unspecified atom stereocenters. The van der Waals surface area contributed by atoms with E-state index >= 15 is 0 Å². The molecule has 2 fully saturated rings. The van der Waals surface area contributed by atoms with Crippen LogP contribution in [0.4, 0.5) is 0 Å². The number of hydrogen-bond acceptors (Lipinski definition) is 3. The van der Waals surface area contributed by atoms with Crippen LogP contribution >= 0.6 is 0 Å². The molecule has 2 aliphatic carbocycles. The number of carbonyl (C=O) groups is 3. The van der Waals surface area contributed by atoms with E-state index in [1.165, 1.54) is 0 Å². The van der Waals surface area contributed by atoms with Gasteiger partial charge >= 0.3 is 0 Å². The lowest BCUT2D eigenvalue weighted by Gasteiger charge is -2.33. The zero-order chi connectivity index (χ0) is 15.3. The van der Waals surface area contributed by atoms with Crippen molar-refractivity contribution in [1.29, 1.82) is 0 Å². The predicted molar refractivity (Wildman–Crippen MR) is 77.2 cm³/mol. The lowest BCUT2D eigenvalue weighted by Crippen LogP contribution is -2.50. The smallest absolute Gasteiger partial charge is 0.235 e. The van der Waals surface area contributed by atoms with E-state index in [-0.39, 0.29) is 17.6 Å². The van der Waals surface area contributed by atoms with Gasteiger partial charge in [-0.1, -0.05) is 44.2 Å². The molecule has 0 saturated heterocycles. The van der Waals surface area contributed by atoms with Crippen LogP contribution in [-0.2, 0) is 20.9 Å². The van der Waals surface area contributed by atoms with Crippen molar-refractivity contribution in [1.82, 2.24) is 5.32 Å². The molecule has 1 N–H and O–H groups in total. The van der Waals surface area contributed by atoms with Crippen molar-refractivity contribution < 1.29 is 14.4 Å². The highest BCUT2D eigenvalue weighted by molar-refractivity contribution is 6.47. The summed E-state index contributed by atoms with van der Waals surface area (Å²) in [6, 6.07) is 9.55. The Morgan fingerprint density at radius 2 is 1.90 bits per heavy atom. The minimum absolute atomic E-state index is 0.297. The van der Waals surface area contributed by atoms with Crippen LogP contribution in [-0.4, -0.2) is 17.5 Å². The average molecular weight is 285 g/mol. The molecule has 2 atom stereocenters. The van der Waals surface area contributed by atoms with E-state index in [1.807, 2.05) is 44.2 Å². The first-order chi connectivity index (χ1) is 9.91. The standard InChI is InChI=1S/C17H19NO3/c1-16(2)12-8-9-17(16,14(20)13(12)19)15(21)18-10-11-6-4-3-5-7-11/h3-7,12H,8-10H2,1-2H3,(H,18,21). The molecular weight excluding hydrogens is 266 g/mol. The van der Waals surface area contributed by atoms with Gasteiger partial charge in [0.2, 0.25) is 17.5 Å². The van der Waals surface area contributed by atoms with Crippen LogP contribution in [0.2, 0.25) is 0 Å². The summed E-state index contributed by atoms with van der Waals surface area (Å²) >= 11 is 0. The Labute approximate surface area is 123 Å². The van der Waals surface area contributed by atoms with E-state index in [9.17, 15) is 14.4 Å². The lowest BCUT2D eigenvalue weighted by molar-refractivity contribution is -0.149. The third kappa shape index (κ3) is 1.71. The molecule has 110 valence electrons. The van der Waals surface area contributed by atoms with Gasteiger partial charge in [-0.25, -0.2) is 0 Å². The molecular formula is C17H19NO3. The van der Waals surface area contributed by atoms with Crippen LogP contribution < -0.4 is 5.32 Å². The second kappa shape index (κ2) is 4.52. The molecule has 3 rings (SSSR count). The van der Waals surface area contributed by atoms with Gasteiger partial charge in [-0.15, -0.1) is 0 Å². The third-order valence-electron chi connectivity index (χ3n) is 5.39. The molecule has 2 aliphatic rings. The van der Waals surface area contributed by atoms with Gasteiger partial charge in [0.25, 0.3) is 0 Å². The van der Waals surface area contributed by atoms with E-state index in [2.05, 4.69) is 5.32 Å². The zero-order valence-electron chi connectivity index (χ0n) is 12.3. The van der Waals surface area contributed by atoms with Crippen molar-refractivity contribution in [3.05, 3.63) is 35.9 Å². The summed E-state index contributed by atoms with van der Waals surface area (Å²) in [6.45, 7) is 4.12. The predicted octanol–water partition coefficient (Wildman–Crippen LogP) is 1.88. The van der Waals surface area contributed by atoms with Crippen molar-refractivity contribution in [2.24, 2.45) is 16.7 Å². The average Bonchev–Trinajstić information content (AvgIpc) is 2.82. The minimum Gasteiger partial charge on any atom is -0.351 e. The molecule has 0 aromatic heterocycles. The van der Waals surface area contributed by atoms with Gasteiger partial charge in [0, 0.05) is 12.5 Å². The maximum Gasteiger partial charge on any atom is 0.235 e. The summed E-state index contributed by atoms with van der Waals surface area (Å²) in [4.78, 5) is 37.1. The van der Waals surface area contributed by atoms with E-state index in [1.54, 1.807) is 0 Å². The highest BCUT2D eigenvalue weighted by Gasteiger charge is 2.72. The molecule has 4 heteroatoms. The summed E-state index contributed by atoms with van der Waals surface area (Å²) in [5, 5.41) is 2.85. The molecule has 1 aromatic carbocycles. The number of fused-ring (bicyclic) bond motifs is 2. The Balaban J connectivity index is 1.83. The van der Waals surface area contributed by atoms with Gasteiger partial charge in [0.15, 0.2) is 0 Å². The van der Waals surface area contributed by atoms with Crippen molar-refractivity contribution in [2.75, 3.05) is 0 Å². The second-order valence-corrected chi connectivity index (χ2v) is 6.58. The highest BCUT2D eigenvalue weighted by Crippen LogP contribution is 2.62.